The molecule has 4 nitrogen and oxygen atoms in total. The van der Waals surface area contributed by atoms with Crippen LogP contribution in [0.4, 0.5) is 10.5 Å². The summed E-state index contributed by atoms with van der Waals surface area (Å²) in [5.41, 5.74) is 2.92. The van der Waals surface area contributed by atoms with E-state index in [4.69, 9.17) is 4.74 Å². The van der Waals surface area contributed by atoms with Gasteiger partial charge in [-0.25, -0.2) is 4.79 Å². The van der Waals surface area contributed by atoms with Crippen molar-refractivity contribution < 1.29 is 9.53 Å². The molecular weight excluding hydrogens is 216 g/mol. The van der Waals surface area contributed by atoms with Gasteiger partial charge in [-0.2, -0.15) is 0 Å². The van der Waals surface area contributed by atoms with E-state index in [2.05, 4.69) is 10.6 Å². The minimum atomic E-state index is -0.232. The average molecular weight is 234 g/mol. The Morgan fingerprint density at radius 1 is 1.24 bits per heavy atom. The maximum Gasteiger partial charge on any atom is 0.319 e. The number of ether oxygens (including phenoxy) is 1. The van der Waals surface area contributed by atoms with Gasteiger partial charge in [0.25, 0.3) is 0 Å². The molecule has 0 aromatic heterocycles. The molecule has 1 aliphatic rings. The summed E-state index contributed by atoms with van der Waals surface area (Å²) >= 11 is 0. The van der Waals surface area contributed by atoms with Gasteiger partial charge < -0.3 is 15.4 Å². The van der Waals surface area contributed by atoms with Gasteiger partial charge in [0.15, 0.2) is 0 Å². The second-order valence-electron chi connectivity index (χ2n) is 5.31. The number of hydrogen-bond donors (Lipinski definition) is 2. The Balaban J connectivity index is 2.02. The van der Waals surface area contributed by atoms with E-state index in [1.807, 2.05) is 39.0 Å². The largest absolute Gasteiger partial charge is 0.372 e. The Labute approximate surface area is 101 Å². The number of nitrogens with one attached hydrogen (secondary N) is 2. The summed E-state index contributed by atoms with van der Waals surface area (Å²) in [7, 11) is 0. The van der Waals surface area contributed by atoms with Gasteiger partial charge in [0.2, 0.25) is 0 Å². The Hall–Kier alpha value is -1.55. The van der Waals surface area contributed by atoms with Crippen LogP contribution in [-0.2, 0) is 18.0 Å². The summed E-state index contributed by atoms with van der Waals surface area (Å²) in [6.07, 6.45) is 0. The molecule has 17 heavy (non-hydrogen) atoms. The summed E-state index contributed by atoms with van der Waals surface area (Å²) in [5, 5.41) is 5.68. The van der Waals surface area contributed by atoms with Crippen molar-refractivity contribution in [3.05, 3.63) is 29.3 Å². The molecule has 0 atom stereocenters. The number of rotatable bonds is 1. The molecule has 1 aromatic carbocycles. The number of carbonyl (C=O) groups excluding carboxylic acids is 1. The van der Waals surface area contributed by atoms with Crippen molar-refractivity contribution in [3.8, 4) is 0 Å². The van der Waals surface area contributed by atoms with E-state index < -0.39 is 0 Å². The van der Waals surface area contributed by atoms with E-state index in [-0.39, 0.29) is 11.6 Å². The second kappa shape index (κ2) is 4.37. The van der Waals surface area contributed by atoms with Crippen molar-refractivity contribution in [2.24, 2.45) is 0 Å². The molecule has 0 aliphatic carbocycles. The van der Waals surface area contributed by atoms with Crippen LogP contribution in [0.25, 0.3) is 0 Å². The van der Waals surface area contributed by atoms with Crippen LogP contribution in [0.3, 0.4) is 0 Å². The fourth-order valence-corrected chi connectivity index (χ4v) is 1.75. The van der Waals surface area contributed by atoms with Crippen LogP contribution in [0.2, 0.25) is 0 Å². The highest BCUT2D eigenvalue weighted by Crippen LogP contribution is 2.23. The van der Waals surface area contributed by atoms with E-state index in [0.717, 1.165) is 11.3 Å². The minimum absolute atomic E-state index is 0.184. The van der Waals surface area contributed by atoms with Gasteiger partial charge in [0, 0.05) is 11.2 Å². The van der Waals surface area contributed by atoms with Crippen molar-refractivity contribution in [2.45, 2.75) is 39.5 Å². The van der Waals surface area contributed by atoms with Crippen LogP contribution in [0.1, 0.15) is 31.9 Å². The normalized spacial score (nSPS) is 14.3. The molecule has 0 saturated carbocycles. The summed E-state index contributed by atoms with van der Waals surface area (Å²) in [4.78, 5) is 11.7. The van der Waals surface area contributed by atoms with Gasteiger partial charge in [-0.05, 0) is 44.0 Å². The number of benzene rings is 1. The Morgan fingerprint density at radius 3 is 2.65 bits per heavy atom. The molecular formula is C13H18N2O2. The Kier molecular flexibility index (Phi) is 3.07. The summed E-state index contributed by atoms with van der Waals surface area (Å²) in [6.45, 7) is 7.14. The topological polar surface area (TPSA) is 50.4 Å². The third-order valence-corrected chi connectivity index (χ3v) is 2.47. The zero-order valence-corrected chi connectivity index (χ0v) is 10.5. The lowest BCUT2D eigenvalue weighted by atomic mass is 10.1. The van der Waals surface area contributed by atoms with Crippen molar-refractivity contribution in [3.63, 3.8) is 0 Å². The molecule has 1 aromatic rings. The SMILES string of the molecule is CC(C)(C)NC(=O)Nc1ccc2c(c1)COC2. The first-order valence-electron chi connectivity index (χ1n) is 5.73. The molecule has 2 N–H and O–H groups in total. The van der Waals surface area contributed by atoms with Crippen molar-refractivity contribution >= 4 is 11.7 Å². The number of urea groups is 1. The first-order valence-corrected chi connectivity index (χ1v) is 5.73. The number of hydrogen-bond acceptors (Lipinski definition) is 2. The van der Waals surface area contributed by atoms with Crippen LogP contribution in [0, 0.1) is 0 Å². The van der Waals surface area contributed by atoms with E-state index in [1.165, 1.54) is 5.56 Å². The summed E-state index contributed by atoms with van der Waals surface area (Å²) in [6, 6.07) is 5.67. The van der Waals surface area contributed by atoms with E-state index in [0.29, 0.717) is 13.2 Å². The smallest absolute Gasteiger partial charge is 0.319 e. The molecule has 0 bridgehead atoms. The number of amides is 2. The molecule has 0 spiro atoms. The average Bonchev–Trinajstić information content (AvgIpc) is 2.61. The highest BCUT2D eigenvalue weighted by molar-refractivity contribution is 5.89. The van der Waals surface area contributed by atoms with Crippen molar-refractivity contribution in [1.82, 2.24) is 5.32 Å². The van der Waals surface area contributed by atoms with Crippen LogP contribution < -0.4 is 10.6 Å². The van der Waals surface area contributed by atoms with Gasteiger partial charge in [-0.15, -0.1) is 0 Å². The molecule has 4 heteroatoms. The molecule has 0 radical (unpaired) electrons. The van der Waals surface area contributed by atoms with Gasteiger partial charge in [0.1, 0.15) is 0 Å². The van der Waals surface area contributed by atoms with Crippen LogP contribution in [0.15, 0.2) is 18.2 Å². The van der Waals surface area contributed by atoms with Crippen LogP contribution >= 0.6 is 0 Å². The maximum atomic E-state index is 11.7. The molecule has 1 aliphatic heterocycles. The summed E-state index contributed by atoms with van der Waals surface area (Å²) < 4.78 is 5.33. The van der Waals surface area contributed by atoms with E-state index in [9.17, 15) is 4.79 Å². The molecule has 0 saturated heterocycles. The van der Waals surface area contributed by atoms with Gasteiger partial charge in [0.05, 0.1) is 13.2 Å². The zero-order valence-electron chi connectivity index (χ0n) is 10.5. The highest BCUT2D eigenvalue weighted by atomic mass is 16.5. The molecule has 1 heterocycles. The first kappa shape index (κ1) is 11.9. The third-order valence-electron chi connectivity index (χ3n) is 2.47. The number of carbonyl (C=O) groups is 1. The monoisotopic (exact) mass is 234 g/mol. The third kappa shape index (κ3) is 3.20. The van der Waals surface area contributed by atoms with Gasteiger partial charge in [-0.3, -0.25) is 0 Å². The Morgan fingerprint density at radius 2 is 1.94 bits per heavy atom. The zero-order chi connectivity index (χ0) is 12.5. The second-order valence-corrected chi connectivity index (χ2v) is 5.31. The molecule has 0 unspecified atom stereocenters. The highest BCUT2D eigenvalue weighted by Gasteiger charge is 2.15. The van der Waals surface area contributed by atoms with E-state index >= 15 is 0 Å². The van der Waals surface area contributed by atoms with E-state index in [1.54, 1.807) is 0 Å². The fraction of sp³-hybridized carbons (Fsp3) is 0.462. The minimum Gasteiger partial charge on any atom is -0.372 e. The number of anilines is 1. The quantitative estimate of drug-likeness (QED) is 0.784. The van der Waals surface area contributed by atoms with Gasteiger partial charge in [-0.1, -0.05) is 6.07 Å². The lowest BCUT2D eigenvalue weighted by Crippen LogP contribution is -2.43. The first-order chi connectivity index (χ1) is 7.94. The predicted octanol–water partition coefficient (Wildman–Crippen LogP) is 2.64. The predicted molar refractivity (Wildman–Crippen MR) is 66.8 cm³/mol. The lowest BCUT2D eigenvalue weighted by Gasteiger charge is -2.20. The van der Waals surface area contributed by atoms with Crippen LogP contribution in [0.5, 0.6) is 0 Å². The van der Waals surface area contributed by atoms with Crippen molar-refractivity contribution in [1.29, 1.82) is 0 Å². The van der Waals surface area contributed by atoms with Crippen molar-refractivity contribution in [2.75, 3.05) is 5.32 Å². The molecule has 2 amide bonds. The lowest BCUT2D eigenvalue weighted by molar-refractivity contribution is 0.134. The maximum absolute atomic E-state index is 11.7. The standard InChI is InChI=1S/C13H18N2O2/c1-13(2,3)15-12(16)14-11-5-4-9-7-17-8-10(9)6-11/h4-6H,7-8H2,1-3H3,(H2,14,15,16). The van der Waals surface area contributed by atoms with Crippen LogP contribution in [-0.4, -0.2) is 11.6 Å². The fourth-order valence-electron chi connectivity index (χ4n) is 1.75. The molecule has 92 valence electrons. The molecule has 0 fully saturated rings. The number of fused-ring (bicyclic) bond motifs is 1. The van der Waals surface area contributed by atoms with Gasteiger partial charge >= 0.3 is 6.03 Å². The Bertz CT molecular complexity index is 436. The summed E-state index contributed by atoms with van der Waals surface area (Å²) in [5.74, 6) is 0. The molecule has 2 rings (SSSR count).